The van der Waals surface area contributed by atoms with E-state index in [1.54, 1.807) is 6.92 Å². The average molecular weight is 262 g/mol. The Hall–Kier alpha value is -0.600. The van der Waals surface area contributed by atoms with Gasteiger partial charge >= 0.3 is 0 Å². The Bertz CT molecular complexity index is 370. The van der Waals surface area contributed by atoms with Crippen molar-refractivity contribution in [3.8, 4) is 0 Å². The largest absolute Gasteiger partial charge is 0.285 e. The van der Waals surface area contributed by atoms with E-state index < -0.39 is 0 Å². The van der Waals surface area contributed by atoms with Gasteiger partial charge in [-0.05, 0) is 31.0 Å². The van der Waals surface area contributed by atoms with E-state index in [-0.39, 0.29) is 5.91 Å². The summed E-state index contributed by atoms with van der Waals surface area (Å²) in [6.45, 7) is 1.74. The van der Waals surface area contributed by atoms with Gasteiger partial charge in [0.15, 0.2) is 0 Å². The molecular formula is C7H10N4OS3. The highest BCUT2D eigenvalue weighted by molar-refractivity contribution is 8.38. The summed E-state index contributed by atoms with van der Waals surface area (Å²) in [5, 5.41) is 7.71. The highest BCUT2D eigenvalue weighted by Crippen LogP contribution is 2.11. The summed E-state index contributed by atoms with van der Waals surface area (Å²) in [6.07, 6.45) is 3.81. The Balaban J connectivity index is 2.65. The van der Waals surface area contributed by atoms with Gasteiger partial charge in [0.05, 0.1) is 5.69 Å². The SMILES string of the molecule is CSC(=NNC(=O)c1snnc1C)SC. The highest BCUT2D eigenvalue weighted by atomic mass is 32.2. The molecule has 0 unspecified atom stereocenters. The maximum atomic E-state index is 11.6. The molecule has 0 aliphatic carbocycles. The van der Waals surface area contributed by atoms with E-state index >= 15 is 0 Å². The maximum Gasteiger partial charge on any atom is 0.285 e. The minimum atomic E-state index is -0.261. The van der Waals surface area contributed by atoms with E-state index in [4.69, 9.17) is 0 Å². The molecule has 0 aliphatic heterocycles. The molecule has 82 valence electrons. The monoisotopic (exact) mass is 262 g/mol. The summed E-state index contributed by atoms with van der Waals surface area (Å²) < 4.78 is 4.49. The van der Waals surface area contributed by atoms with Gasteiger partial charge in [-0.2, -0.15) is 5.10 Å². The number of aromatic nitrogens is 2. The van der Waals surface area contributed by atoms with Gasteiger partial charge in [-0.15, -0.1) is 28.6 Å². The van der Waals surface area contributed by atoms with Crippen molar-refractivity contribution in [2.45, 2.75) is 6.92 Å². The molecule has 0 saturated heterocycles. The smallest absolute Gasteiger partial charge is 0.266 e. The van der Waals surface area contributed by atoms with Crippen LogP contribution in [0.4, 0.5) is 0 Å². The molecule has 0 spiro atoms. The van der Waals surface area contributed by atoms with Crippen LogP contribution in [0, 0.1) is 6.92 Å². The van der Waals surface area contributed by atoms with Crippen LogP contribution in [-0.2, 0) is 0 Å². The third-order valence-electron chi connectivity index (χ3n) is 1.46. The number of rotatable bonds is 2. The van der Waals surface area contributed by atoms with Gasteiger partial charge in [0.25, 0.3) is 5.91 Å². The van der Waals surface area contributed by atoms with E-state index in [2.05, 4.69) is 20.1 Å². The van der Waals surface area contributed by atoms with Crippen LogP contribution in [0.25, 0.3) is 0 Å². The highest BCUT2D eigenvalue weighted by Gasteiger charge is 2.12. The van der Waals surface area contributed by atoms with Gasteiger partial charge in [-0.25, -0.2) is 5.43 Å². The molecular weight excluding hydrogens is 252 g/mol. The van der Waals surface area contributed by atoms with E-state index in [9.17, 15) is 4.79 Å². The lowest BCUT2D eigenvalue weighted by atomic mass is 10.4. The summed E-state index contributed by atoms with van der Waals surface area (Å²) >= 11 is 4.04. The molecule has 1 N–H and O–H groups in total. The molecule has 1 rings (SSSR count). The molecule has 0 atom stereocenters. The van der Waals surface area contributed by atoms with Gasteiger partial charge in [0, 0.05) is 0 Å². The number of nitrogens with one attached hydrogen (secondary N) is 1. The molecule has 1 aromatic rings. The van der Waals surface area contributed by atoms with Crippen molar-refractivity contribution >= 4 is 45.3 Å². The molecule has 0 saturated carbocycles. The van der Waals surface area contributed by atoms with Gasteiger partial charge < -0.3 is 0 Å². The van der Waals surface area contributed by atoms with E-state index in [0.29, 0.717) is 10.6 Å². The third kappa shape index (κ3) is 3.47. The van der Waals surface area contributed by atoms with Crippen molar-refractivity contribution in [1.82, 2.24) is 15.0 Å². The van der Waals surface area contributed by atoms with Crippen LogP contribution in [0.1, 0.15) is 15.4 Å². The Kier molecular flexibility index (Phi) is 5.06. The molecule has 1 amide bonds. The van der Waals surface area contributed by atoms with Crippen molar-refractivity contribution < 1.29 is 4.79 Å². The van der Waals surface area contributed by atoms with Crippen molar-refractivity contribution in [2.75, 3.05) is 12.5 Å². The number of aryl methyl sites for hydroxylation is 1. The summed E-state index contributed by atoms with van der Waals surface area (Å²) in [7, 11) is 0. The van der Waals surface area contributed by atoms with Crippen molar-refractivity contribution in [3.63, 3.8) is 0 Å². The number of hydrogen-bond acceptors (Lipinski definition) is 7. The predicted octanol–water partition coefficient (Wildman–Crippen LogP) is 1.57. The lowest BCUT2D eigenvalue weighted by Crippen LogP contribution is -2.18. The van der Waals surface area contributed by atoms with E-state index in [0.717, 1.165) is 15.9 Å². The Morgan fingerprint density at radius 3 is 2.60 bits per heavy atom. The molecule has 5 nitrogen and oxygen atoms in total. The predicted molar refractivity (Wildman–Crippen MR) is 66.6 cm³/mol. The first-order chi connectivity index (χ1) is 7.19. The van der Waals surface area contributed by atoms with Crippen molar-refractivity contribution in [3.05, 3.63) is 10.6 Å². The third-order valence-corrected chi connectivity index (χ3v) is 4.16. The maximum absolute atomic E-state index is 11.6. The molecule has 0 aromatic carbocycles. The van der Waals surface area contributed by atoms with Crippen molar-refractivity contribution in [2.24, 2.45) is 5.10 Å². The second kappa shape index (κ2) is 6.09. The molecule has 1 aromatic heterocycles. The Morgan fingerprint density at radius 2 is 2.13 bits per heavy atom. The van der Waals surface area contributed by atoms with Crippen LogP contribution < -0.4 is 5.43 Å². The number of hydrazone groups is 1. The zero-order chi connectivity index (χ0) is 11.3. The normalized spacial score (nSPS) is 9.80. The zero-order valence-electron chi connectivity index (χ0n) is 8.47. The van der Waals surface area contributed by atoms with Gasteiger partial charge in [0.1, 0.15) is 9.25 Å². The zero-order valence-corrected chi connectivity index (χ0v) is 10.9. The fraction of sp³-hybridized carbons (Fsp3) is 0.429. The summed E-state index contributed by atoms with van der Waals surface area (Å²) in [4.78, 5) is 12.1. The fourth-order valence-corrected chi connectivity index (χ4v) is 2.25. The molecule has 1 heterocycles. The van der Waals surface area contributed by atoms with Gasteiger partial charge in [-0.3, -0.25) is 4.79 Å². The standard InChI is InChI=1S/C7H10N4OS3/c1-4-5(15-11-8-4)6(12)9-10-7(13-2)14-3/h1-3H3,(H,9,12). The Labute approximate surface area is 100 Å². The number of thioether (sulfide) groups is 2. The number of carbonyl (C=O) groups is 1. The lowest BCUT2D eigenvalue weighted by Gasteiger charge is -1.99. The van der Waals surface area contributed by atoms with Crippen LogP contribution in [0.3, 0.4) is 0 Å². The number of carbonyl (C=O) groups excluding carboxylic acids is 1. The van der Waals surface area contributed by atoms with Crippen LogP contribution in [0.5, 0.6) is 0 Å². The topological polar surface area (TPSA) is 67.2 Å². The second-order valence-corrected chi connectivity index (χ2v) is 5.02. The van der Waals surface area contributed by atoms with Gasteiger partial charge in [0.2, 0.25) is 0 Å². The second-order valence-electron chi connectivity index (χ2n) is 2.41. The minimum absolute atomic E-state index is 0.261. The summed E-state index contributed by atoms with van der Waals surface area (Å²) in [6, 6.07) is 0. The lowest BCUT2D eigenvalue weighted by molar-refractivity contribution is 0.0958. The quantitative estimate of drug-likeness (QED) is 0.498. The number of amides is 1. The number of nitrogens with zero attached hydrogens (tertiary/aromatic N) is 3. The number of hydrogen-bond donors (Lipinski definition) is 1. The van der Waals surface area contributed by atoms with Crippen LogP contribution >= 0.6 is 35.1 Å². The van der Waals surface area contributed by atoms with Crippen LogP contribution in [0.2, 0.25) is 0 Å². The molecule has 0 radical (unpaired) electrons. The average Bonchev–Trinajstić information content (AvgIpc) is 2.66. The first-order valence-corrected chi connectivity index (χ1v) is 7.16. The van der Waals surface area contributed by atoms with Crippen LogP contribution in [0.15, 0.2) is 5.10 Å². The van der Waals surface area contributed by atoms with Crippen LogP contribution in [-0.4, -0.2) is 32.4 Å². The molecule has 8 heteroatoms. The van der Waals surface area contributed by atoms with Gasteiger partial charge in [-0.1, -0.05) is 4.49 Å². The minimum Gasteiger partial charge on any atom is -0.266 e. The molecule has 0 aliphatic rings. The van der Waals surface area contributed by atoms with E-state index in [1.807, 2.05) is 12.5 Å². The molecule has 0 bridgehead atoms. The fourth-order valence-electron chi connectivity index (χ4n) is 0.762. The van der Waals surface area contributed by atoms with Crippen molar-refractivity contribution in [1.29, 1.82) is 0 Å². The molecule has 15 heavy (non-hydrogen) atoms. The molecule has 0 fully saturated rings. The van der Waals surface area contributed by atoms with E-state index in [1.165, 1.54) is 23.5 Å². The summed E-state index contributed by atoms with van der Waals surface area (Å²) in [5.41, 5.74) is 3.09. The summed E-state index contributed by atoms with van der Waals surface area (Å²) in [5.74, 6) is -0.261. The first-order valence-electron chi connectivity index (χ1n) is 3.94. The Morgan fingerprint density at radius 1 is 1.47 bits per heavy atom. The first kappa shape index (κ1) is 12.5.